The lowest BCUT2D eigenvalue weighted by Gasteiger charge is -2.28. The number of fused-ring (bicyclic) bond motifs is 1. The number of morpholine rings is 1. The average Bonchev–Trinajstić information content (AvgIpc) is 2.47. The van der Waals surface area contributed by atoms with Crippen LogP contribution >= 0.6 is 0 Å². The number of ether oxygens (including phenoxy) is 1. The highest BCUT2D eigenvalue weighted by atomic mass is 16.5. The lowest BCUT2D eigenvalue weighted by molar-refractivity contribution is 0.0684. The fourth-order valence-electron chi connectivity index (χ4n) is 2.17. The summed E-state index contributed by atoms with van der Waals surface area (Å²) in [5, 5.41) is 9.97. The average molecular weight is 259 g/mol. The number of hydrogen-bond acceptors (Lipinski definition) is 5. The lowest BCUT2D eigenvalue weighted by Crippen LogP contribution is -2.37. The molecule has 1 saturated heterocycles. The lowest BCUT2D eigenvalue weighted by atomic mass is 10.2. The molecular formula is C13H13N3O3. The summed E-state index contributed by atoms with van der Waals surface area (Å²) in [6.45, 7) is 2.67. The highest BCUT2D eigenvalue weighted by Gasteiger charge is 2.19. The summed E-state index contributed by atoms with van der Waals surface area (Å²) in [4.78, 5) is 21.4. The summed E-state index contributed by atoms with van der Waals surface area (Å²) in [7, 11) is 0. The Hall–Kier alpha value is -2.21. The molecule has 0 amide bonds. The molecule has 1 aromatic carbocycles. The Morgan fingerprint density at radius 3 is 2.68 bits per heavy atom. The summed E-state index contributed by atoms with van der Waals surface area (Å²) in [6.07, 6.45) is 0. The van der Waals surface area contributed by atoms with Crippen molar-refractivity contribution < 1.29 is 14.6 Å². The molecule has 6 heteroatoms. The molecule has 0 unspecified atom stereocenters. The molecule has 1 aromatic heterocycles. The van der Waals surface area contributed by atoms with Gasteiger partial charge in [-0.05, 0) is 12.1 Å². The molecule has 2 aromatic rings. The fourth-order valence-corrected chi connectivity index (χ4v) is 2.17. The molecule has 1 aliphatic heterocycles. The normalized spacial score (nSPS) is 15.7. The summed E-state index contributed by atoms with van der Waals surface area (Å²) < 4.78 is 5.31. The first kappa shape index (κ1) is 11.9. The molecule has 19 heavy (non-hydrogen) atoms. The SMILES string of the molecule is O=C(O)c1nc(N2CCOCC2)c2ccccc2n1. The van der Waals surface area contributed by atoms with E-state index in [4.69, 9.17) is 9.84 Å². The smallest absolute Gasteiger partial charge is 0.374 e. The highest BCUT2D eigenvalue weighted by molar-refractivity contribution is 5.93. The van der Waals surface area contributed by atoms with Crippen molar-refractivity contribution >= 4 is 22.7 Å². The number of nitrogens with zero attached hydrogens (tertiary/aromatic N) is 3. The van der Waals surface area contributed by atoms with Gasteiger partial charge in [0.05, 0.1) is 18.7 Å². The van der Waals surface area contributed by atoms with E-state index in [1.165, 1.54) is 0 Å². The Balaban J connectivity index is 2.16. The van der Waals surface area contributed by atoms with E-state index in [-0.39, 0.29) is 5.82 Å². The van der Waals surface area contributed by atoms with E-state index >= 15 is 0 Å². The van der Waals surface area contributed by atoms with Gasteiger partial charge in [0.15, 0.2) is 0 Å². The minimum atomic E-state index is -1.11. The van der Waals surface area contributed by atoms with Crippen molar-refractivity contribution in [3.05, 3.63) is 30.1 Å². The van der Waals surface area contributed by atoms with Gasteiger partial charge in [-0.1, -0.05) is 12.1 Å². The Morgan fingerprint density at radius 1 is 1.21 bits per heavy atom. The fraction of sp³-hybridized carbons (Fsp3) is 0.308. The van der Waals surface area contributed by atoms with Crippen LogP contribution in [0.5, 0.6) is 0 Å². The van der Waals surface area contributed by atoms with Crippen LogP contribution in [0.25, 0.3) is 10.9 Å². The second-order valence-corrected chi connectivity index (χ2v) is 4.29. The van der Waals surface area contributed by atoms with Gasteiger partial charge in [-0.15, -0.1) is 0 Å². The van der Waals surface area contributed by atoms with Crippen molar-refractivity contribution in [2.75, 3.05) is 31.2 Å². The number of rotatable bonds is 2. The number of carbonyl (C=O) groups is 1. The van der Waals surface area contributed by atoms with Gasteiger partial charge in [0.2, 0.25) is 5.82 Å². The number of anilines is 1. The number of para-hydroxylation sites is 1. The number of aromatic nitrogens is 2. The van der Waals surface area contributed by atoms with E-state index in [9.17, 15) is 4.79 Å². The van der Waals surface area contributed by atoms with Crippen molar-refractivity contribution in [1.82, 2.24) is 9.97 Å². The van der Waals surface area contributed by atoms with Crippen molar-refractivity contribution in [3.63, 3.8) is 0 Å². The molecular weight excluding hydrogens is 246 g/mol. The van der Waals surface area contributed by atoms with E-state index in [0.29, 0.717) is 37.6 Å². The van der Waals surface area contributed by atoms with Crippen molar-refractivity contribution in [2.24, 2.45) is 0 Å². The first-order valence-electron chi connectivity index (χ1n) is 6.08. The van der Waals surface area contributed by atoms with Gasteiger partial charge in [0, 0.05) is 18.5 Å². The molecule has 1 fully saturated rings. The van der Waals surface area contributed by atoms with E-state index in [1.807, 2.05) is 23.1 Å². The first-order chi connectivity index (χ1) is 9.25. The number of benzene rings is 1. The Bertz CT molecular complexity index is 624. The zero-order valence-electron chi connectivity index (χ0n) is 10.2. The zero-order valence-corrected chi connectivity index (χ0v) is 10.2. The molecule has 0 bridgehead atoms. The van der Waals surface area contributed by atoms with Gasteiger partial charge in [-0.2, -0.15) is 0 Å². The van der Waals surface area contributed by atoms with Gasteiger partial charge < -0.3 is 14.7 Å². The van der Waals surface area contributed by atoms with Gasteiger partial charge in [-0.3, -0.25) is 0 Å². The maximum atomic E-state index is 11.1. The van der Waals surface area contributed by atoms with E-state index < -0.39 is 5.97 Å². The predicted molar refractivity (Wildman–Crippen MR) is 69.5 cm³/mol. The number of aromatic carboxylic acids is 1. The quantitative estimate of drug-likeness (QED) is 0.872. The van der Waals surface area contributed by atoms with Gasteiger partial charge in [0.25, 0.3) is 0 Å². The number of carboxylic acids is 1. The highest BCUT2D eigenvalue weighted by Crippen LogP contribution is 2.24. The Kier molecular flexibility index (Phi) is 3.00. The maximum absolute atomic E-state index is 11.1. The van der Waals surface area contributed by atoms with Gasteiger partial charge in [0.1, 0.15) is 5.82 Å². The molecule has 0 spiro atoms. The van der Waals surface area contributed by atoms with Crippen LogP contribution in [0.1, 0.15) is 10.6 Å². The topological polar surface area (TPSA) is 75.5 Å². The monoisotopic (exact) mass is 259 g/mol. The second kappa shape index (κ2) is 4.81. The second-order valence-electron chi connectivity index (χ2n) is 4.29. The third-order valence-electron chi connectivity index (χ3n) is 3.09. The van der Waals surface area contributed by atoms with E-state index in [1.54, 1.807) is 6.07 Å². The maximum Gasteiger partial charge on any atom is 0.374 e. The molecule has 0 radical (unpaired) electrons. The van der Waals surface area contributed by atoms with Crippen LogP contribution in [0.3, 0.4) is 0 Å². The molecule has 0 saturated carbocycles. The Morgan fingerprint density at radius 2 is 1.95 bits per heavy atom. The van der Waals surface area contributed by atoms with Gasteiger partial charge >= 0.3 is 5.97 Å². The molecule has 1 aliphatic rings. The molecule has 0 atom stereocenters. The van der Waals surface area contributed by atoms with Crippen molar-refractivity contribution in [1.29, 1.82) is 0 Å². The number of carboxylic acid groups (broad SMARTS) is 1. The summed E-state index contributed by atoms with van der Waals surface area (Å²) in [6, 6.07) is 7.44. The minimum Gasteiger partial charge on any atom is -0.475 e. The third kappa shape index (κ3) is 2.22. The first-order valence-corrected chi connectivity index (χ1v) is 6.08. The largest absolute Gasteiger partial charge is 0.475 e. The summed E-state index contributed by atoms with van der Waals surface area (Å²) in [5.41, 5.74) is 0.649. The van der Waals surface area contributed by atoms with E-state index in [2.05, 4.69) is 9.97 Å². The zero-order chi connectivity index (χ0) is 13.2. The summed E-state index contributed by atoms with van der Waals surface area (Å²) in [5.74, 6) is -0.605. The molecule has 2 heterocycles. The Labute approximate surface area is 109 Å². The minimum absolute atomic E-state index is 0.166. The van der Waals surface area contributed by atoms with Crippen LogP contribution in [0.15, 0.2) is 24.3 Å². The van der Waals surface area contributed by atoms with Crippen LogP contribution in [0, 0.1) is 0 Å². The molecule has 6 nitrogen and oxygen atoms in total. The molecule has 0 aliphatic carbocycles. The molecule has 98 valence electrons. The summed E-state index contributed by atoms with van der Waals surface area (Å²) >= 11 is 0. The van der Waals surface area contributed by atoms with Crippen LogP contribution in [0.2, 0.25) is 0 Å². The van der Waals surface area contributed by atoms with Crippen LogP contribution < -0.4 is 4.90 Å². The van der Waals surface area contributed by atoms with E-state index in [0.717, 1.165) is 5.39 Å². The molecule has 3 rings (SSSR count). The van der Waals surface area contributed by atoms with Crippen LogP contribution in [-0.2, 0) is 4.74 Å². The van der Waals surface area contributed by atoms with Crippen molar-refractivity contribution in [2.45, 2.75) is 0 Å². The third-order valence-corrected chi connectivity index (χ3v) is 3.09. The molecule has 1 N–H and O–H groups in total. The van der Waals surface area contributed by atoms with Gasteiger partial charge in [-0.25, -0.2) is 14.8 Å². The standard InChI is InChI=1S/C13H13N3O3/c17-13(18)11-14-10-4-2-1-3-9(10)12(15-11)16-5-7-19-8-6-16/h1-4H,5-8H2,(H,17,18). The van der Waals surface area contributed by atoms with Crippen LogP contribution in [-0.4, -0.2) is 47.3 Å². The van der Waals surface area contributed by atoms with Crippen molar-refractivity contribution in [3.8, 4) is 0 Å². The predicted octanol–water partition coefficient (Wildman–Crippen LogP) is 1.16. The number of hydrogen-bond donors (Lipinski definition) is 1. The van der Waals surface area contributed by atoms with Crippen LogP contribution in [0.4, 0.5) is 5.82 Å².